The summed E-state index contributed by atoms with van der Waals surface area (Å²) < 4.78 is 5.69. The number of carbonyl (C=O) groups is 2. The van der Waals surface area contributed by atoms with E-state index in [9.17, 15) is 9.59 Å². The minimum atomic E-state index is -0.556. The summed E-state index contributed by atoms with van der Waals surface area (Å²) in [5, 5.41) is 3.47. The van der Waals surface area contributed by atoms with E-state index < -0.39 is 6.04 Å². The van der Waals surface area contributed by atoms with Crippen molar-refractivity contribution in [3.05, 3.63) is 64.2 Å². The van der Waals surface area contributed by atoms with Crippen LogP contribution in [0, 0.1) is 13.8 Å². The van der Waals surface area contributed by atoms with Crippen LogP contribution in [-0.4, -0.2) is 35.9 Å². The highest BCUT2D eigenvalue weighted by Gasteiger charge is 2.28. The maximum absolute atomic E-state index is 13.0. The third kappa shape index (κ3) is 6.50. The summed E-state index contributed by atoms with van der Waals surface area (Å²) in [4.78, 5) is 27.2. The van der Waals surface area contributed by atoms with Gasteiger partial charge in [-0.15, -0.1) is 0 Å². The molecule has 0 spiro atoms. The smallest absolute Gasteiger partial charge is 0.261 e. The number of amides is 2. The number of ether oxygens (including phenoxy) is 1. The van der Waals surface area contributed by atoms with Crippen LogP contribution in [0.2, 0.25) is 5.02 Å². The number of nitrogens with one attached hydrogen (secondary N) is 1. The normalized spacial score (nSPS) is 11.6. The van der Waals surface area contributed by atoms with Gasteiger partial charge in [-0.2, -0.15) is 0 Å². The molecular formula is C23H29ClN2O3. The third-order valence-corrected chi connectivity index (χ3v) is 5.13. The lowest BCUT2D eigenvalue weighted by atomic mass is 10.1. The quantitative estimate of drug-likeness (QED) is 0.663. The highest BCUT2D eigenvalue weighted by atomic mass is 35.5. The minimum Gasteiger partial charge on any atom is -0.484 e. The number of benzene rings is 2. The molecule has 1 atom stereocenters. The lowest BCUT2D eigenvalue weighted by Gasteiger charge is -2.30. The van der Waals surface area contributed by atoms with E-state index in [2.05, 4.69) is 5.32 Å². The van der Waals surface area contributed by atoms with E-state index in [1.165, 1.54) is 0 Å². The zero-order chi connectivity index (χ0) is 21.4. The second-order valence-corrected chi connectivity index (χ2v) is 7.43. The average Bonchev–Trinajstić information content (AvgIpc) is 2.70. The van der Waals surface area contributed by atoms with Gasteiger partial charge < -0.3 is 15.0 Å². The largest absolute Gasteiger partial charge is 0.484 e. The van der Waals surface area contributed by atoms with Crippen molar-refractivity contribution in [3.8, 4) is 5.75 Å². The van der Waals surface area contributed by atoms with Crippen LogP contribution in [0.3, 0.4) is 0 Å². The fourth-order valence-electron chi connectivity index (χ4n) is 3.04. The first-order valence-electron chi connectivity index (χ1n) is 9.87. The first-order chi connectivity index (χ1) is 13.8. The standard InChI is InChI=1S/C23H29ClN2O3/c1-5-21(23(28)25-6-2)26(14-18-9-7-16(3)8-10-18)22(27)15-29-19-11-12-20(24)17(4)13-19/h7-13,21H,5-6,14-15H2,1-4H3,(H,25,28). The highest BCUT2D eigenvalue weighted by Crippen LogP contribution is 2.21. The van der Waals surface area contributed by atoms with Gasteiger partial charge in [-0.3, -0.25) is 9.59 Å². The molecule has 156 valence electrons. The monoisotopic (exact) mass is 416 g/mol. The molecule has 0 aliphatic carbocycles. The molecule has 2 amide bonds. The average molecular weight is 417 g/mol. The Balaban J connectivity index is 2.19. The van der Waals surface area contributed by atoms with Gasteiger partial charge in [0, 0.05) is 18.1 Å². The Morgan fingerprint density at radius 2 is 1.79 bits per heavy atom. The number of carbonyl (C=O) groups excluding carboxylic acids is 2. The van der Waals surface area contributed by atoms with Crippen LogP contribution in [0.1, 0.15) is 37.0 Å². The van der Waals surface area contributed by atoms with Crippen molar-refractivity contribution in [2.75, 3.05) is 13.2 Å². The highest BCUT2D eigenvalue weighted by molar-refractivity contribution is 6.31. The molecule has 29 heavy (non-hydrogen) atoms. The van der Waals surface area contributed by atoms with Gasteiger partial charge in [0.1, 0.15) is 11.8 Å². The van der Waals surface area contributed by atoms with E-state index in [1.54, 1.807) is 23.1 Å². The molecule has 5 nitrogen and oxygen atoms in total. The maximum Gasteiger partial charge on any atom is 0.261 e. The second-order valence-electron chi connectivity index (χ2n) is 7.03. The Labute approximate surface area is 178 Å². The van der Waals surface area contributed by atoms with Gasteiger partial charge in [-0.25, -0.2) is 0 Å². The minimum absolute atomic E-state index is 0.150. The summed E-state index contributed by atoms with van der Waals surface area (Å²) >= 11 is 6.04. The van der Waals surface area contributed by atoms with Gasteiger partial charge in [0.05, 0.1) is 0 Å². The van der Waals surface area contributed by atoms with E-state index in [4.69, 9.17) is 16.3 Å². The van der Waals surface area contributed by atoms with E-state index in [-0.39, 0.29) is 18.4 Å². The summed E-state index contributed by atoms with van der Waals surface area (Å²) in [5.74, 6) is 0.177. The molecule has 1 unspecified atom stereocenters. The fourth-order valence-corrected chi connectivity index (χ4v) is 3.15. The molecule has 1 N–H and O–H groups in total. The maximum atomic E-state index is 13.0. The molecule has 0 fully saturated rings. The van der Waals surface area contributed by atoms with Crippen molar-refractivity contribution in [2.45, 2.75) is 46.7 Å². The Bertz CT molecular complexity index is 837. The van der Waals surface area contributed by atoms with Crippen molar-refractivity contribution in [1.82, 2.24) is 10.2 Å². The fraction of sp³-hybridized carbons (Fsp3) is 0.391. The molecular weight excluding hydrogens is 388 g/mol. The molecule has 0 heterocycles. The van der Waals surface area contributed by atoms with Gasteiger partial charge in [0.2, 0.25) is 5.91 Å². The zero-order valence-electron chi connectivity index (χ0n) is 17.5. The molecule has 0 saturated heterocycles. The summed E-state index contributed by atoms with van der Waals surface area (Å²) in [6.45, 7) is 8.37. The zero-order valence-corrected chi connectivity index (χ0v) is 18.3. The number of halogens is 1. The third-order valence-electron chi connectivity index (χ3n) is 4.70. The first kappa shape index (κ1) is 22.8. The first-order valence-corrected chi connectivity index (χ1v) is 10.2. The van der Waals surface area contributed by atoms with Crippen LogP contribution >= 0.6 is 11.6 Å². The Hall–Kier alpha value is -2.53. The Morgan fingerprint density at radius 1 is 1.10 bits per heavy atom. The lowest BCUT2D eigenvalue weighted by molar-refractivity contribution is -0.142. The molecule has 0 aliphatic heterocycles. The molecule has 2 aromatic carbocycles. The molecule has 0 saturated carbocycles. The number of rotatable bonds is 9. The van der Waals surface area contributed by atoms with Crippen LogP contribution in [-0.2, 0) is 16.1 Å². The summed E-state index contributed by atoms with van der Waals surface area (Å²) in [5.41, 5.74) is 2.99. The van der Waals surface area contributed by atoms with Crippen LogP contribution in [0.25, 0.3) is 0 Å². The molecule has 6 heteroatoms. The van der Waals surface area contributed by atoms with Crippen molar-refractivity contribution in [1.29, 1.82) is 0 Å². The molecule has 0 radical (unpaired) electrons. The van der Waals surface area contributed by atoms with Gasteiger partial charge in [0.25, 0.3) is 5.91 Å². The van der Waals surface area contributed by atoms with Crippen molar-refractivity contribution >= 4 is 23.4 Å². The summed E-state index contributed by atoms with van der Waals surface area (Å²) in [7, 11) is 0. The van der Waals surface area contributed by atoms with E-state index in [0.29, 0.717) is 30.3 Å². The summed E-state index contributed by atoms with van der Waals surface area (Å²) in [6, 6.07) is 12.7. The van der Waals surface area contributed by atoms with Crippen LogP contribution in [0.4, 0.5) is 0 Å². The van der Waals surface area contributed by atoms with E-state index in [0.717, 1.165) is 16.7 Å². The lowest BCUT2D eigenvalue weighted by Crippen LogP contribution is -2.50. The number of hydrogen-bond donors (Lipinski definition) is 1. The molecule has 2 rings (SSSR count). The predicted molar refractivity (Wildman–Crippen MR) is 116 cm³/mol. The molecule has 0 aliphatic rings. The number of nitrogens with zero attached hydrogens (tertiary/aromatic N) is 1. The van der Waals surface area contributed by atoms with Crippen molar-refractivity contribution in [3.63, 3.8) is 0 Å². The van der Waals surface area contributed by atoms with Crippen molar-refractivity contribution < 1.29 is 14.3 Å². The molecule has 0 aromatic heterocycles. The van der Waals surface area contributed by atoms with Gasteiger partial charge in [0.15, 0.2) is 6.61 Å². The molecule has 2 aromatic rings. The van der Waals surface area contributed by atoms with Gasteiger partial charge in [-0.1, -0.05) is 48.4 Å². The molecule has 0 bridgehead atoms. The number of likely N-dealkylation sites (N-methyl/N-ethyl adjacent to an activating group) is 1. The predicted octanol–water partition coefficient (Wildman–Crippen LogP) is 4.28. The summed E-state index contributed by atoms with van der Waals surface area (Å²) in [6.07, 6.45) is 0.517. The van der Waals surface area contributed by atoms with Gasteiger partial charge in [-0.05, 0) is 56.5 Å². The van der Waals surface area contributed by atoms with Gasteiger partial charge >= 0.3 is 0 Å². The topological polar surface area (TPSA) is 58.6 Å². The Kier molecular flexibility index (Phi) is 8.52. The number of hydrogen-bond acceptors (Lipinski definition) is 3. The van der Waals surface area contributed by atoms with E-state index in [1.807, 2.05) is 52.0 Å². The SMILES string of the molecule is CCNC(=O)C(CC)N(Cc1ccc(C)cc1)C(=O)COc1ccc(Cl)c(C)c1. The number of aryl methyl sites for hydroxylation is 2. The van der Waals surface area contributed by atoms with Crippen LogP contribution in [0.5, 0.6) is 5.75 Å². The van der Waals surface area contributed by atoms with Crippen molar-refractivity contribution in [2.24, 2.45) is 0 Å². The van der Waals surface area contributed by atoms with Crippen LogP contribution in [0.15, 0.2) is 42.5 Å². The van der Waals surface area contributed by atoms with Crippen LogP contribution < -0.4 is 10.1 Å². The second kappa shape index (κ2) is 10.9. The van der Waals surface area contributed by atoms with E-state index >= 15 is 0 Å². The Morgan fingerprint density at radius 3 is 2.38 bits per heavy atom.